The summed E-state index contributed by atoms with van der Waals surface area (Å²) in [4.78, 5) is 15.9. The highest BCUT2D eigenvalue weighted by Gasteiger charge is 2.14. The molecule has 0 saturated carbocycles. The zero-order valence-corrected chi connectivity index (χ0v) is 11.9. The number of carbonyl (C=O) groups excluding carboxylic acids is 1. The van der Waals surface area contributed by atoms with Gasteiger partial charge in [0.05, 0.1) is 12.7 Å². The van der Waals surface area contributed by atoms with E-state index in [0.29, 0.717) is 5.56 Å². The van der Waals surface area contributed by atoms with Gasteiger partial charge < -0.3 is 4.74 Å². The number of aromatic nitrogens is 1. The highest BCUT2D eigenvalue weighted by molar-refractivity contribution is 5.91. The maximum absolute atomic E-state index is 11.6. The van der Waals surface area contributed by atoms with Crippen molar-refractivity contribution in [2.45, 2.75) is 52.9 Å². The van der Waals surface area contributed by atoms with Crippen LogP contribution in [0.5, 0.6) is 0 Å². The van der Waals surface area contributed by atoms with Crippen molar-refractivity contribution in [3.63, 3.8) is 0 Å². The molecule has 0 unspecified atom stereocenters. The summed E-state index contributed by atoms with van der Waals surface area (Å²) in [5, 5.41) is 0. The van der Waals surface area contributed by atoms with E-state index in [4.69, 9.17) is 4.74 Å². The molecule has 1 aromatic heterocycles. The summed E-state index contributed by atoms with van der Waals surface area (Å²) in [6, 6.07) is 0. The van der Waals surface area contributed by atoms with Gasteiger partial charge in [0, 0.05) is 11.9 Å². The number of hydrogen-bond acceptors (Lipinski definition) is 3. The maximum Gasteiger partial charge on any atom is 0.339 e. The van der Waals surface area contributed by atoms with Crippen molar-refractivity contribution in [3.05, 3.63) is 28.6 Å². The van der Waals surface area contributed by atoms with E-state index in [1.54, 1.807) is 6.20 Å². The van der Waals surface area contributed by atoms with Gasteiger partial charge in [-0.1, -0.05) is 26.2 Å². The van der Waals surface area contributed by atoms with Crippen molar-refractivity contribution < 1.29 is 9.53 Å². The molecular weight excluding hydrogens is 226 g/mol. The van der Waals surface area contributed by atoms with Crippen molar-refractivity contribution in [2.24, 2.45) is 0 Å². The van der Waals surface area contributed by atoms with E-state index in [0.717, 1.165) is 24.1 Å². The van der Waals surface area contributed by atoms with Crippen LogP contribution in [0.2, 0.25) is 0 Å². The van der Waals surface area contributed by atoms with Gasteiger partial charge >= 0.3 is 5.97 Å². The van der Waals surface area contributed by atoms with Gasteiger partial charge in [-0.3, -0.25) is 4.98 Å². The number of nitrogens with zero attached hydrogens (tertiary/aromatic N) is 1. The second-order valence-corrected chi connectivity index (χ2v) is 4.66. The zero-order chi connectivity index (χ0) is 13.5. The maximum atomic E-state index is 11.6. The third-order valence-corrected chi connectivity index (χ3v) is 3.37. The Hall–Kier alpha value is -1.38. The average Bonchev–Trinajstić information content (AvgIpc) is 2.37. The predicted molar refractivity (Wildman–Crippen MR) is 72.9 cm³/mol. The van der Waals surface area contributed by atoms with Crippen molar-refractivity contribution in [1.82, 2.24) is 4.98 Å². The molecule has 0 aliphatic rings. The van der Waals surface area contributed by atoms with Gasteiger partial charge in [0.25, 0.3) is 0 Å². The van der Waals surface area contributed by atoms with E-state index in [9.17, 15) is 4.79 Å². The number of carbonyl (C=O) groups is 1. The first kappa shape index (κ1) is 14.7. The minimum Gasteiger partial charge on any atom is -0.465 e. The summed E-state index contributed by atoms with van der Waals surface area (Å²) >= 11 is 0. The lowest BCUT2D eigenvalue weighted by Gasteiger charge is -2.12. The Kier molecular flexibility index (Phi) is 5.83. The SMILES string of the molecule is CCCCCCc1c(C)ncc(C(=O)OC)c1C. The summed E-state index contributed by atoms with van der Waals surface area (Å²) in [5.74, 6) is -0.296. The number of aryl methyl sites for hydroxylation is 1. The van der Waals surface area contributed by atoms with Crippen LogP contribution in [0.15, 0.2) is 6.20 Å². The van der Waals surface area contributed by atoms with Crippen LogP contribution in [0.3, 0.4) is 0 Å². The Bertz CT molecular complexity index is 413. The largest absolute Gasteiger partial charge is 0.465 e. The molecule has 0 radical (unpaired) electrons. The van der Waals surface area contributed by atoms with Crippen molar-refractivity contribution in [1.29, 1.82) is 0 Å². The van der Waals surface area contributed by atoms with Crippen LogP contribution in [0, 0.1) is 13.8 Å². The molecule has 0 aliphatic heterocycles. The summed E-state index contributed by atoms with van der Waals surface area (Å²) in [6.45, 7) is 6.19. The summed E-state index contributed by atoms with van der Waals surface area (Å²) in [6.07, 6.45) is 7.50. The molecule has 0 atom stereocenters. The van der Waals surface area contributed by atoms with Gasteiger partial charge in [-0.15, -0.1) is 0 Å². The van der Waals surface area contributed by atoms with Crippen molar-refractivity contribution in [3.8, 4) is 0 Å². The lowest BCUT2D eigenvalue weighted by atomic mass is 9.97. The number of unbranched alkanes of at least 4 members (excludes halogenated alkanes) is 3. The van der Waals surface area contributed by atoms with E-state index in [2.05, 4.69) is 11.9 Å². The third kappa shape index (κ3) is 3.56. The molecule has 0 N–H and O–H groups in total. The lowest BCUT2D eigenvalue weighted by molar-refractivity contribution is 0.0599. The monoisotopic (exact) mass is 249 g/mol. The van der Waals surface area contributed by atoms with E-state index < -0.39 is 0 Å². The number of methoxy groups -OCH3 is 1. The summed E-state index contributed by atoms with van der Waals surface area (Å²) in [5.41, 5.74) is 3.84. The Morgan fingerprint density at radius 2 is 2.00 bits per heavy atom. The minimum absolute atomic E-state index is 0.296. The van der Waals surface area contributed by atoms with Gasteiger partial charge in [-0.25, -0.2) is 4.79 Å². The van der Waals surface area contributed by atoms with Crippen LogP contribution >= 0.6 is 0 Å². The topological polar surface area (TPSA) is 39.2 Å². The first-order chi connectivity index (χ1) is 8.61. The van der Waals surface area contributed by atoms with Gasteiger partial charge in [0.2, 0.25) is 0 Å². The Labute approximate surface area is 110 Å². The standard InChI is InChI=1S/C15H23NO2/c1-5-6-7-8-9-13-11(2)14(15(17)18-4)10-16-12(13)3/h10H,5-9H2,1-4H3. The molecular formula is C15H23NO2. The van der Waals surface area contributed by atoms with Gasteiger partial charge in [0.15, 0.2) is 0 Å². The highest BCUT2D eigenvalue weighted by atomic mass is 16.5. The number of rotatable bonds is 6. The molecule has 1 rings (SSSR count). The van der Waals surface area contributed by atoms with Gasteiger partial charge in [-0.05, 0) is 37.8 Å². The Morgan fingerprint density at radius 3 is 2.61 bits per heavy atom. The molecule has 0 aromatic carbocycles. The fraction of sp³-hybridized carbons (Fsp3) is 0.600. The van der Waals surface area contributed by atoms with Crippen LogP contribution in [0.1, 0.15) is 59.8 Å². The molecule has 0 amide bonds. The van der Waals surface area contributed by atoms with Crippen molar-refractivity contribution >= 4 is 5.97 Å². The number of pyridine rings is 1. The normalized spacial score (nSPS) is 10.4. The molecule has 3 heteroatoms. The van der Waals surface area contributed by atoms with Crippen LogP contribution < -0.4 is 0 Å². The molecule has 0 saturated heterocycles. The second kappa shape index (κ2) is 7.14. The first-order valence-corrected chi connectivity index (χ1v) is 6.65. The number of hydrogen-bond donors (Lipinski definition) is 0. The third-order valence-electron chi connectivity index (χ3n) is 3.37. The minimum atomic E-state index is -0.296. The van der Waals surface area contributed by atoms with Crippen LogP contribution in [0.25, 0.3) is 0 Å². The molecule has 18 heavy (non-hydrogen) atoms. The van der Waals surface area contributed by atoms with Crippen LogP contribution in [0.4, 0.5) is 0 Å². The number of esters is 1. The summed E-state index contributed by atoms with van der Waals surface area (Å²) < 4.78 is 4.78. The lowest BCUT2D eigenvalue weighted by Crippen LogP contribution is -2.09. The van der Waals surface area contributed by atoms with Crippen LogP contribution in [-0.4, -0.2) is 18.1 Å². The molecule has 100 valence electrons. The average molecular weight is 249 g/mol. The quantitative estimate of drug-likeness (QED) is 0.571. The smallest absolute Gasteiger partial charge is 0.339 e. The molecule has 3 nitrogen and oxygen atoms in total. The predicted octanol–water partition coefficient (Wildman–Crippen LogP) is 3.61. The second-order valence-electron chi connectivity index (χ2n) is 4.66. The van der Waals surface area contributed by atoms with Gasteiger partial charge in [-0.2, -0.15) is 0 Å². The Morgan fingerprint density at radius 1 is 1.28 bits per heavy atom. The van der Waals surface area contributed by atoms with E-state index in [1.165, 1.54) is 31.9 Å². The summed E-state index contributed by atoms with van der Waals surface area (Å²) in [7, 11) is 1.41. The van der Waals surface area contributed by atoms with Crippen LogP contribution in [-0.2, 0) is 11.2 Å². The fourth-order valence-corrected chi connectivity index (χ4v) is 2.18. The van der Waals surface area contributed by atoms with E-state index >= 15 is 0 Å². The highest BCUT2D eigenvalue weighted by Crippen LogP contribution is 2.19. The molecule has 0 spiro atoms. The zero-order valence-electron chi connectivity index (χ0n) is 11.9. The number of ether oxygens (including phenoxy) is 1. The van der Waals surface area contributed by atoms with Gasteiger partial charge in [0.1, 0.15) is 0 Å². The van der Waals surface area contributed by atoms with E-state index in [-0.39, 0.29) is 5.97 Å². The molecule has 1 aromatic rings. The first-order valence-electron chi connectivity index (χ1n) is 6.65. The van der Waals surface area contributed by atoms with E-state index in [1.807, 2.05) is 13.8 Å². The van der Waals surface area contributed by atoms with Crippen molar-refractivity contribution in [2.75, 3.05) is 7.11 Å². The molecule has 0 bridgehead atoms. The fourth-order valence-electron chi connectivity index (χ4n) is 2.18. The molecule has 1 heterocycles. The molecule has 0 fully saturated rings. The molecule has 0 aliphatic carbocycles. The Balaban J connectivity index is 2.85.